The van der Waals surface area contributed by atoms with Crippen molar-refractivity contribution in [1.82, 2.24) is 0 Å². The van der Waals surface area contributed by atoms with Gasteiger partial charge in [-0.05, 0) is 57.4 Å². The summed E-state index contributed by atoms with van der Waals surface area (Å²) in [6.07, 6.45) is 3.79. The van der Waals surface area contributed by atoms with Crippen molar-refractivity contribution in [2.75, 3.05) is 29.1 Å². The molecule has 2 heterocycles. The molecule has 0 bridgehead atoms. The van der Waals surface area contributed by atoms with Crippen molar-refractivity contribution in [3.05, 3.63) is 24.3 Å². The van der Waals surface area contributed by atoms with E-state index in [1.165, 1.54) is 31.6 Å². The SMILES string of the molecule is CC1(C)CCSC(Nc2ccc(N3CCCC3)cc2)=N1. The highest BCUT2D eigenvalue weighted by Gasteiger charge is 2.22. The van der Waals surface area contributed by atoms with E-state index in [0.29, 0.717) is 0 Å². The number of aliphatic imine (C=N–C) groups is 1. The van der Waals surface area contributed by atoms with Gasteiger partial charge >= 0.3 is 0 Å². The highest BCUT2D eigenvalue weighted by molar-refractivity contribution is 8.14. The van der Waals surface area contributed by atoms with Gasteiger partial charge in [0.05, 0.1) is 5.54 Å². The van der Waals surface area contributed by atoms with Crippen molar-refractivity contribution in [3.63, 3.8) is 0 Å². The Kier molecular flexibility index (Phi) is 3.92. The average Bonchev–Trinajstić information content (AvgIpc) is 2.92. The third kappa shape index (κ3) is 3.29. The second kappa shape index (κ2) is 5.68. The zero-order chi connectivity index (χ0) is 14.0. The first-order valence-corrected chi connectivity index (χ1v) is 8.46. The monoisotopic (exact) mass is 289 g/mol. The molecule has 1 aromatic carbocycles. The van der Waals surface area contributed by atoms with Crippen molar-refractivity contribution >= 4 is 28.3 Å². The van der Waals surface area contributed by atoms with Crippen LogP contribution in [0.5, 0.6) is 0 Å². The summed E-state index contributed by atoms with van der Waals surface area (Å²) in [6, 6.07) is 8.76. The summed E-state index contributed by atoms with van der Waals surface area (Å²) in [5.74, 6) is 1.14. The lowest BCUT2D eigenvalue weighted by Crippen LogP contribution is -2.27. The Morgan fingerprint density at radius 1 is 1.15 bits per heavy atom. The van der Waals surface area contributed by atoms with Crippen molar-refractivity contribution in [3.8, 4) is 0 Å². The molecule has 1 fully saturated rings. The smallest absolute Gasteiger partial charge is 0.161 e. The van der Waals surface area contributed by atoms with Crippen LogP contribution in [0.4, 0.5) is 11.4 Å². The van der Waals surface area contributed by atoms with Crippen LogP contribution in [-0.2, 0) is 0 Å². The molecule has 1 N–H and O–H groups in total. The summed E-state index contributed by atoms with van der Waals surface area (Å²) in [6.45, 7) is 6.79. The Morgan fingerprint density at radius 3 is 2.50 bits per heavy atom. The molecule has 3 rings (SSSR count). The van der Waals surface area contributed by atoms with Gasteiger partial charge in [0.2, 0.25) is 0 Å². The van der Waals surface area contributed by atoms with E-state index in [2.05, 4.69) is 48.3 Å². The fourth-order valence-electron chi connectivity index (χ4n) is 2.68. The van der Waals surface area contributed by atoms with Crippen LogP contribution in [0.3, 0.4) is 0 Å². The summed E-state index contributed by atoms with van der Waals surface area (Å²) < 4.78 is 0. The van der Waals surface area contributed by atoms with E-state index in [0.717, 1.165) is 23.0 Å². The normalized spacial score (nSPS) is 21.7. The number of nitrogens with one attached hydrogen (secondary N) is 1. The van der Waals surface area contributed by atoms with Crippen molar-refractivity contribution < 1.29 is 0 Å². The standard InChI is InChI=1S/C16H23N3S/c1-16(2)9-12-20-15(18-16)17-13-5-7-14(8-6-13)19-10-3-4-11-19/h5-8H,3-4,9-12H2,1-2H3,(H,17,18). The molecule has 1 aromatic rings. The van der Waals surface area contributed by atoms with Crippen LogP contribution in [0.2, 0.25) is 0 Å². The highest BCUT2D eigenvalue weighted by atomic mass is 32.2. The molecule has 4 heteroatoms. The maximum Gasteiger partial charge on any atom is 0.161 e. The van der Waals surface area contributed by atoms with Gasteiger partial charge < -0.3 is 10.2 Å². The second-order valence-corrected chi connectivity index (χ2v) is 7.28. The molecule has 108 valence electrons. The minimum Gasteiger partial charge on any atom is -0.372 e. The molecule has 0 radical (unpaired) electrons. The summed E-state index contributed by atoms with van der Waals surface area (Å²) >= 11 is 1.82. The summed E-state index contributed by atoms with van der Waals surface area (Å²) in [5, 5.41) is 4.50. The van der Waals surface area contributed by atoms with E-state index < -0.39 is 0 Å². The van der Waals surface area contributed by atoms with E-state index in [1.807, 2.05) is 11.8 Å². The largest absolute Gasteiger partial charge is 0.372 e. The summed E-state index contributed by atoms with van der Waals surface area (Å²) in [4.78, 5) is 7.23. The predicted molar refractivity (Wildman–Crippen MR) is 90.1 cm³/mol. The number of benzene rings is 1. The number of amidine groups is 1. The van der Waals surface area contributed by atoms with E-state index >= 15 is 0 Å². The number of nitrogens with zero attached hydrogens (tertiary/aromatic N) is 2. The van der Waals surface area contributed by atoms with Gasteiger partial charge in [-0.25, -0.2) is 0 Å². The number of hydrogen-bond acceptors (Lipinski definition) is 4. The Morgan fingerprint density at radius 2 is 1.85 bits per heavy atom. The maximum atomic E-state index is 4.77. The van der Waals surface area contributed by atoms with Crippen LogP contribution in [-0.4, -0.2) is 29.5 Å². The van der Waals surface area contributed by atoms with Crippen molar-refractivity contribution in [1.29, 1.82) is 0 Å². The zero-order valence-corrected chi connectivity index (χ0v) is 13.2. The summed E-state index contributed by atoms with van der Waals surface area (Å²) in [5.41, 5.74) is 2.55. The molecule has 0 aliphatic carbocycles. The maximum absolute atomic E-state index is 4.77. The van der Waals surface area contributed by atoms with Crippen LogP contribution in [0.25, 0.3) is 0 Å². The average molecular weight is 289 g/mol. The first-order chi connectivity index (χ1) is 9.62. The molecule has 0 saturated carbocycles. The molecule has 3 nitrogen and oxygen atoms in total. The quantitative estimate of drug-likeness (QED) is 0.892. The zero-order valence-electron chi connectivity index (χ0n) is 12.4. The Hall–Kier alpha value is -1.16. The highest BCUT2D eigenvalue weighted by Crippen LogP contribution is 2.27. The molecule has 0 unspecified atom stereocenters. The Labute approximate surface area is 125 Å². The van der Waals surface area contributed by atoms with Crippen LogP contribution in [0.1, 0.15) is 33.1 Å². The lowest BCUT2D eigenvalue weighted by Gasteiger charge is -2.26. The fourth-order valence-corrected chi connectivity index (χ4v) is 3.98. The van der Waals surface area contributed by atoms with Crippen LogP contribution in [0.15, 0.2) is 29.3 Å². The molecule has 0 amide bonds. The van der Waals surface area contributed by atoms with Gasteiger partial charge in [0.25, 0.3) is 0 Å². The number of anilines is 2. The molecular formula is C16H23N3S. The van der Waals surface area contributed by atoms with Gasteiger partial charge in [0.15, 0.2) is 5.17 Å². The second-order valence-electron chi connectivity index (χ2n) is 6.19. The fraction of sp³-hybridized carbons (Fsp3) is 0.562. The Balaban J connectivity index is 1.67. The van der Waals surface area contributed by atoms with Gasteiger partial charge in [-0.1, -0.05) is 11.8 Å². The first kappa shape index (κ1) is 13.8. The lowest BCUT2D eigenvalue weighted by atomic mass is 10.0. The molecular weight excluding hydrogens is 266 g/mol. The van der Waals surface area contributed by atoms with Gasteiger partial charge in [0.1, 0.15) is 0 Å². The molecule has 0 aromatic heterocycles. The van der Waals surface area contributed by atoms with Gasteiger partial charge in [-0.2, -0.15) is 0 Å². The lowest BCUT2D eigenvalue weighted by molar-refractivity contribution is 0.507. The molecule has 20 heavy (non-hydrogen) atoms. The molecule has 0 atom stereocenters. The van der Waals surface area contributed by atoms with E-state index in [1.54, 1.807) is 0 Å². The minimum absolute atomic E-state index is 0.0725. The predicted octanol–water partition coefficient (Wildman–Crippen LogP) is 3.97. The minimum atomic E-state index is 0.0725. The first-order valence-electron chi connectivity index (χ1n) is 7.47. The number of thioether (sulfide) groups is 1. The number of hydrogen-bond donors (Lipinski definition) is 1. The third-order valence-electron chi connectivity index (χ3n) is 3.95. The van der Waals surface area contributed by atoms with E-state index in [4.69, 9.17) is 4.99 Å². The Bertz CT molecular complexity index is 487. The molecule has 2 aliphatic heterocycles. The van der Waals surface area contributed by atoms with Crippen LogP contribution >= 0.6 is 11.8 Å². The van der Waals surface area contributed by atoms with Crippen LogP contribution < -0.4 is 10.2 Å². The number of rotatable bonds is 2. The van der Waals surface area contributed by atoms with Gasteiger partial charge in [-0.3, -0.25) is 4.99 Å². The topological polar surface area (TPSA) is 27.6 Å². The van der Waals surface area contributed by atoms with Gasteiger partial charge in [0, 0.05) is 30.2 Å². The van der Waals surface area contributed by atoms with Crippen molar-refractivity contribution in [2.24, 2.45) is 4.99 Å². The van der Waals surface area contributed by atoms with Crippen LogP contribution in [0, 0.1) is 0 Å². The molecule has 1 saturated heterocycles. The van der Waals surface area contributed by atoms with E-state index in [-0.39, 0.29) is 5.54 Å². The summed E-state index contributed by atoms with van der Waals surface area (Å²) in [7, 11) is 0. The van der Waals surface area contributed by atoms with E-state index in [9.17, 15) is 0 Å². The van der Waals surface area contributed by atoms with Crippen molar-refractivity contribution in [2.45, 2.75) is 38.6 Å². The third-order valence-corrected chi connectivity index (χ3v) is 4.82. The van der Waals surface area contributed by atoms with Gasteiger partial charge in [-0.15, -0.1) is 0 Å². The molecule has 2 aliphatic rings. The molecule has 0 spiro atoms.